The number of nitrogens with zero attached hydrogens (tertiary/aromatic N) is 1. The molecule has 0 aliphatic rings. The Hall–Kier alpha value is -2.49. The normalized spacial score (nSPS) is 10.3. The van der Waals surface area contributed by atoms with E-state index >= 15 is 0 Å². The second-order valence-corrected chi connectivity index (χ2v) is 4.99. The van der Waals surface area contributed by atoms with Crippen LogP contribution in [0.25, 0.3) is 0 Å². The molecule has 21 heavy (non-hydrogen) atoms. The first kappa shape index (κ1) is 14.9. The van der Waals surface area contributed by atoms with Crippen molar-refractivity contribution >= 4 is 17.4 Å². The maximum absolute atomic E-state index is 12.3. The molecule has 2 aromatic carbocycles. The summed E-state index contributed by atoms with van der Waals surface area (Å²) in [6.45, 7) is 3.91. The number of hydrogen-bond acceptors (Lipinski definition) is 2. The highest BCUT2D eigenvalue weighted by Crippen LogP contribution is 2.25. The van der Waals surface area contributed by atoms with Crippen molar-refractivity contribution in [3.63, 3.8) is 0 Å². The van der Waals surface area contributed by atoms with E-state index in [9.17, 15) is 4.79 Å². The van der Waals surface area contributed by atoms with Crippen molar-refractivity contribution in [2.24, 2.45) is 0 Å². The Morgan fingerprint density at radius 2 is 1.67 bits per heavy atom. The minimum absolute atomic E-state index is 0.0508. The number of urea groups is 1. The third-order valence-corrected chi connectivity index (χ3v) is 2.94. The van der Waals surface area contributed by atoms with Gasteiger partial charge < -0.3 is 10.1 Å². The van der Waals surface area contributed by atoms with Gasteiger partial charge in [-0.05, 0) is 38.1 Å². The highest BCUT2D eigenvalue weighted by atomic mass is 16.5. The average Bonchev–Trinajstić information content (AvgIpc) is 2.49. The SMILES string of the molecule is CC(C)Oc1ccccc1NC(=O)N(C)c1ccccc1. The number of rotatable bonds is 4. The molecule has 0 unspecified atom stereocenters. The minimum Gasteiger partial charge on any atom is -0.489 e. The van der Waals surface area contributed by atoms with E-state index in [1.807, 2.05) is 68.4 Å². The van der Waals surface area contributed by atoms with E-state index in [1.54, 1.807) is 11.9 Å². The highest BCUT2D eigenvalue weighted by Gasteiger charge is 2.13. The van der Waals surface area contributed by atoms with Crippen LogP contribution in [0.15, 0.2) is 54.6 Å². The minimum atomic E-state index is -0.207. The summed E-state index contributed by atoms with van der Waals surface area (Å²) in [6.07, 6.45) is 0.0508. The van der Waals surface area contributed by atoms with Crippen LogP contribution in [0.3, 0.4) is 0 Å². The molecule has 110 valence electrons. The van der Waals surface area contributed by atoms with Gasteiger partial charge in [-0.2, -0.15) is 0 Å². The van der Waals surface area contributed by atoms with Gasteiger partial charge in [-0.1, -0.05) is 30.3 Å². The predicted octanol–water partition coefficient (Wildman–Crippen LogP) is 4.14. The molecule has 0 bridgehead atoms. The van der Waals surface area contributed by atoms with Crippen LogP contribution in [0.5, 0.6) is 5.75 Å². The smallest absolute Gasteiger partial charge is 0.326 e. The Balaban J connectivity index is 2.13. The van der Waals surface area contributed by atoms with Gasteiger partial charge in [0.2, 0.25) is 0 Å². The van der Waals surface area contributed by atoms with Gasteiger partial charge in [0.1, 0.15) is 5.75 Å². The molecule has 4 nitrogen and oxygen atoms in total. The molecule has 2 rings (SSSR count). The van der Waals surface area contributed by atoms with Crippen LogP contribution in [-0.2, 0) is 0 Å². The van der Waals surface area contributed by atoms with Gasteiger partial charge in [0, 0.05) is 12.7 Å². The molecule has 4 heteroatoms. The zero-order valence-corrected chi connectivity index (χ0v) is 12.5. The average molecular weight is 284 g/mol. The first-order chi connectivity index (χ1) is 10.1. The van der Waals surface area contributed by atoms with E-state index in [2.05, 4.69) is 5.32 Å². The van der Waals surface area contributed by atoms with Crippen LogP contribution in [0, 0.1) is 0 Å². The van der Waals surface area contributed by atoms with Gasteiger partial charge in [0.15, 0.2) is 0 Å². The van der Waals surface area contributed by atoms with Gasteiger partial charge in [0.25, 0.3) is 0 Å². The Labute approximate surface area is 125 Å². The van der Waals surface area contributed by atoms with Crippen LogP contribution in [0.1, 0.15) is 13.8 Å². The van der Waals surface area contributed by atoms with Crippen molar-refractivity contribution in [1.82, 2.24) is 0 Å². The molecule has 0 spiro atoms. The Kier molecular flexibility index (Phi) is 4.82. The van der Waals surface area contributed by atoms with Crippen molar-refractivity contribution < 1.29 is 9.53 Å². The zero-order valence-electron chi connectivity index (χ0n) is 12.5. The summed E-state index contributed by atoms with van der Waals surface area (Å²) in [5.74, 6) is 0.669. The number of carbonyl (C=O) groups excluding carboxylic acids is 1. The monoisotopic (exact) mass is 284 g/mol. The molecule has 0 aliphatic heterocycles. The number of nitrogens with one attached hydrogen (secondary N) is 1. The fourth-order valence-electron chi connectivity index (χ4n) is 1.89. The van der Waals surface area contributed by atoms with E-state index in [1.165, 1.54) is 0 Å². The second-order valence-electron chi connectivity index (χ2n) is 4.99. The summed E-state index contributed by atoms with van der Waals surface area (Å²) in [5, 5.41) is 2.88. The number of amides is 2. The molecule has 0 fully saturated rings. The van der Waals surface area contributed by atoms with Gasteiger partial charge >= 0.3 is 6.03 Å². The second kappa shape index (κ2) is 6.79. The lowest BCUT2D eigenvalue weighted by Crippen LogP contribution is -2.31. The van der Waals surface area contributed by atoms with Crippen LogP contribution >= 0.6 is 0 Å². The molecular weight excluding hydrogens is 264 g/mol. The Morgan fingerprint density at radius 3 is 2.33 bits per heavy atom. The van der Waals surface area contributed by atoms with E-state index < -0.39 is 0 Å². The lowest BCUT2D eigenvalue weighted by molar-refractivity contribution is 0.242. The molecule has 0 heterocycles. The molecule has 1 N–H and O–H groups in total. The molecule has 0 saturated carbocycles. The molecule has 0 aromatic heterocycles. The number of hydrogen-bond donors (Lipinski definition) is 1. The summed E-state index contributed by atoms with van der Waals surface area (Å²) < 4.78 is 5.70. The highest BCUT2D eigenvalue weighted by molar-refractivity contribution is 6.02. The summed E-state index contributed by atoms with van der Waals surface area (Å²) in [7, 11) is 1.73. The number of benzene rings is 2. The zero-order chi connectivity index (χ0) is 15.2. The summed E-state index contributed by atoms with van der Waals surface area (Å²) in [4.78, 5) is 13.9. The number of ether oxygens (including phenoxy) is 1. The maximum Gasteiger partial charge on any atom is 0.326 e. The van der Waals surface area contributed by atoms with Crippen LogP contribution in [0.4, 0.5) is 16.2 Å². The van der Waals surface area contributed by atoms with Crippen molar-refractivity contribution in [2.45, 2.75) is 20.0 Å². The standard InChI is InChI=1S/C17H20N2O2/c1-13(2)21-16-12-8-7-11-15(16)18-17(20)19(3)14-9-5-4-6-10-14/h4-13H,1-3H3,(H,18,20). The van der Waals surface area contributed by atoms with E-state index in [0.717, 1.165) is 5.69 Å². The molecule has 0 radical (unpaired) electrons. The number of carbonyl (C=O) groups is 1. The maximum atomic E-state index is 12.3. The van der Waals surface area contributed by atoms with Crippen molar-refractivity contribution in [2.75, 3.05) is 17.3 Å². The van der Waals surface area contributed by atoms with Crippen molar-refractivity contribution in [3.05, 3.63) is 54.6 Å². The van der Waals surface area contributed by atoms with Crippen LogP contribution in [-0.4, -0.2) is 19.2 Å². The summed E-state index contributed by atoms with van der Waals surface area (Å²) in [5.41, 5.74) is 1.50. The van der Waals surface area contributed by atoms with Gasteiger partial charge in [0.05, 0.1) is 11.8 Å². The fourth-order valence-corrected chi connectivity index (χ4v) is 1.89. The molecule has 2 aromatic rings. The third kappa shape index (κ3) is 3.99. The molecular formula is C17H20N2O2. The molecule has 0 aliphatic carbocycles. The lowest BCUT2D eigenvalue weighted by Gasteiger charge is -2.20. The Bertz CT molecular complexity index is 597. The number of anilines is 2. The predicted molar refractivity (Wildman–Crippen MR) is 86.1 cm³/mol. The molecule has 2 amide bonds. The van der Waals surface area contributed by atoms with Crippen LogP contribution in [0.2, 0.25) is 0 Å². The first-order valence-electron chi connectivity index (χ1n) is 6.93. The van der Waals surface area contributed by atoms with Crippen LogP contribution < -0.4 is 15.0 Å². The van der Waals surface area contributed by atoms with Gasteiger partial charge in [-0.15, -0.1) is 0 Å². The summed E-state index contributed by atoms with van der Waals surface area (Å²) >= 11 is 0. The summed E-state index contributed by atoms with van der Waals surface area (Å²) in [6, 6.07) is 16.7. The largest absolute Gasteiger partial charge is 0.489 e. The van der Waals surface area contributed by atoms with E-state index in [4.69, 9.17) is 4.74 Å². The van der Waals surface area contributed by atoms with Gasteiger partial charge in [-0.25, -0.2) is 4.79 Å². The van der Waals surface area contributed by atoms with Gasteiger partial charge in [-0.3, -0.25) is 4.90 Å². The Morgan fingerprint density at radius 1 is 1.05 bits per heavy atom. The fraction of sp³-hybridized carbons (Fsp3) is 0.235. The lowest BCUT2D eigenvalue weighted by atomic mass is 10.3. The topological polar surface area (TPSA) is 41.6 Å². The number of para-hydroxylation sites is 3. The van der Waals surface area contributed by atoms with Crippen molar-refractivity contribution in [3.8, 4) is 5.75 Å². The quantitative estimate of drug-likeness (QED) is 0.916. The van der Waals surface area contributed by atoms with E-state index in [-0.39, 0.29) is 12.1 Å². The molecule has 0 atom stereocenters. The van der Waals surface area contributed by atoms with Crippen molar-refractivity contribution in [1.29, 1.82) is 0 Å². The third-order valence-electron chi connectivity index (χ3n) is 2.94. The van der Waals surface area contributed by atoms with E-state index in [0.29, 0.717) is 11.4 Å². The molecule has 0 saturated heterocycles. The first-order valence-corrected chi connectivity index (χ1v) is 6.93.